The molecule has 3 N–H and O–H groups in total. The third-order valence-corrected chi connectivity index (χ3v) is 6.86. The molecule has 0 aromatic carbocycles. The van der Waals surface area contributed by atoms with Crippen molar-refractivity contribution >= 4 is 17.5 Å². The average Bonchev–Trinajstić information content (AvgIpc) is 3.42. The number of hydrogen-bond acceptors (Lipinski definition) is 9. The van der Waals surface area contributed by atoms with Gasteiger partial charge in [0.05, 0.1) is 37.8 Å². The van der Waals surface area contributed by atoms with Crippen molar-refractivity contribution in [2.45, 2.75) is 64.8 Å². The number of aliphatic hydroxyl groups excluding tert-OH is 2. The molecule has 1 aliphatic heterocycles. The van der Waals surface area contributed by atoms with E-state index in [2.05, 4.69) is 31.9 Å². The molecule has 10 nitrogen and oxygen atoms in total. The Bertz CT molecular complexity index is 981. The number of piperidine rings is 1. The minimum atomic E-state index is -0.630. The fourth-order valence-corrected chi connectivity index (χ4v) is 4.23. The maximum absolute atomic E-state index is 12.4. The number of aromatic nitrogens is 3. The van der Waals surface area contributed by atoms with Crippen LogP contribution in [0.4, 0.5) is 6.01 Å². The Labute approximate surface area is 219 Å². The Hall–Kier alpha value is -2.98. The fourth-order valence-electron chi connectivity index (χ4n) is 4.23. The number of carbonyl (C=O) groups is 1. The van der Waals surface area contributed by atoms with Gasteiger partial charge in [-0.2, -0.15) is 4.98 Å². The highest BCUT2D eigenvalue weighted by Gasteiger charge is 2.24. The van der Waals surface area contributed by atoms with Gasteiger partial charge in [0.2, 0.25) is 5.91 Å². The number of nitrogens with zero attached hydrogens (tertiary/aromatic N) is 4. The topological polar surface area (TPSA) is 134 Å². The van der Waals surface area contributed by atoms with Crippen LogP contribution >= 0.6 is 0 Å². The van der Waals surface area contributed by atoms with Gasteiger partial charge in [-0.05, 0) is 55.7 Å². The Morgan fingerprint density at radius 2 is 2.00 bits per heavy atom. The number of pyridine rings is 1. The monoisotopic (exact) mass is 515 g/mol. The molecule has 0 bridgehead atoms. The molecule has 1 unspecified atom stereocenters. The maximum atomic E-state index is 12.4. The van der Waals surface area contributed by atoms with Crippen LogP contribution in [0.25, 0.3) is 5.57 Å². The van der Waals surface area contributed by atoms with Crippen LogP contribution in [-0.4, -0.2) is 70.2 Å². The second kappa shape index (κ2) is 14.1. The van der Waals surface area contributed by atoms with Gasteiger partial charge >= 0.3 is 6.01 Å². The first kappa shape index (κ1) is 28.6. The zero-order chi connectivity index (χ0) is 26.8. The van der Waals surface area contributed by atoms with Crippen molar-refractivity contribution in [2.75, 3.05) is 37.8 Å². The van der Waals surface area contributed by atoms with E-state index >= 15 is 0 Å². The smallest absolute Gasteiger partial charge is 0.324 e. The second-order valence-corrected chi connectivity index (χ2v) is 10.0. The molecule has 37 heavy (non-hydrogen) atoms. The van der Waals surface area contributed by atoms with Crippen LogP contribution in [0.1, 0.15) is 70.3 Å². The van der Waals surface area contributed by atoms with Crippen LogP contribution in [0, 0.1) is 11.8 Å². The minimum absolute atomic E-state index is 0.164. The second-order valence-electron chi connectivity index (χ2n) is 10.0. The van der Waals surface area contributed by atoms with E-state index in [0.717, 1.165) is 48.8 Å². The van der Waals surface area contributed by atoms with Crippen molar-refractivity contribution < 1.29 is 24.3 Å². The number of ether oxygens (including phenoxy) is 1. The molecular weight excluding hydrogens is 474 g/mol. The predicted molar refractivity (Wildman–Crippen MR) is 141 cm³/mol. The molecule has 3 rings (SSSR count). The van der Waals surface area contributed by atoms with Crippen LogP contribution in [0.15, 0.2) is 29.4 Å². The molecule has 2 aromatic heterocycles. The third kappa shape index (κ3) is 8.26. The van der Waals surface area contributed by atoms with E-state index in [1.807, 2.05) is 32.9 Å². The number of anilines is 1. The summed E-state index contributed by atoms with van der Waals surface area (Å²) in [6, 6.07) is 3.78. The lowest BCUT2D eigenvalue weighted by atomic mass is 9.95. The molecule has 10 heteroatoms. The fraction of sp³-hybridized carbons (Fsp3) is 0.630. The molecule has 1 amide bonds. The summed E-state index contributed by atoms with van der Waals surface area (Å²) in [4.78, 5) is 23.5. The Morgan fingerprint density at radius 3 is 2.57 bits per heavy atom. The molecule has 1 fully saturated rings. The van der Waals surface area contributed by atoms with Gasteiger partial charge in [-0.25, -0.2) is 0 Å². The summed E-state index contributed by atoms with van der Waals surface area (Å²) in [5.74, 6) is 1.78. The van der Waals surface area contributed by atoms with E-state index in [9.17, 15) is 15.0 Å². The molecule has 204 valence electrons. The Kier molecular flexibility index (Phi) is 10.9. The van der Waals surface area contributed by atoms with E-state index in [1.54, 1.807) is 6.20 Å². The summed E-state index contributed by atoms with van der Waals surface area (Å²) in [6.45, 7) is 12.0. The van der Waals surface area contributed by atoms with Crippen LogP contribution in [0.3, 0.4) is 0 Å². The van der Waals surface area contributed by atoms with Crippen molar-refractivity contribution in [2.24, 2.45) is 11.8 Å². The Balaban J connectivity index is 1.40. The molecule has 1 saturated heterocycles. The maximum Gasteiger partial charge on any atom is 0.324 e. The first-order valence-corrected chi connectivity index (χ1v) is 13.2. The highest BCUT2D eigenvalue weighted by atomic mass is 16.5. The molecule has 0 radical (unpaired) electrons. The summed E-state index contributed by atoms with van der Waals surface area (Å²) in [5.41, 5.74) is 1.63. The number of hydrogen-bond donors (Lipinski definition) is 3. The normalized spacial score (nSPS) is 15.3. The zero-order valence-corrected chi connectivity index (χ0v) is 22.2. The molecule has 1 aliphatic rings. The number of nitrogens with one attached hydrogen (secondary N) is 1. The molecule has 1 atom stereocenters. The number of amides is 1. The largest absolute Gasteiger partial charge is 0.492 e. The van der Waals surface area contributed by atoms with E-state index < -0.39 is 6.04 Å². The third-order valence-electron chi connectivity index (χ3n) is 6.86. The van der Waals surface area contributed by atoms with Gasteiger partial charge < -0.3 is 29.7 Å². The molecule has 0 aliphatic carbocycles. The lowest BCUT2D eigenvalue weighted by Gasteiger charge is -2.30. The molecule has 3 heterocycles. The van der Waals surface area contributed by atoms with Crippen LogP contribution in [0.2, 0.25) is 0 Å². The van der Waals surface area contributed by atoms with Gasteiger partial charge in [0.25, 0.3) is 0 Å². The lowest BCUT2D eigenvalue weighted by Crippen LogP contribution is -2.43. The van der Waals surface area contributed by atoms with Gasteiger partial charge in [0, 0.05) is 24.9 Å². The van der Waals surface area contributed by atoms with Crippen molar-refractivity contribution in [1.29, 1.82) is 0 Å². The van der Waals surface area contributed by atoms with Gasteiger partial charge in [-0.3, -0.25) is 9.78 Å². The first-order chi connectivity index (χ1) is 17.8. The van der Waals surface area contributed by atoms with E-state index in [0.29, 0.717) is 37.8 Å². The summed E-state index contributed by atoms with van der Waals surface area (Å²) in [5, 5.41) is 25.1. The van der Waals surface area contributed by atoms with Crippen molar-refractivity contribution in [3.63, 3.8) is 0 Å². The quantitative estimate of drug-likeness (QED) is 0.347. The van der Waals surface area contributed by atoms with Crippen molar-refractivity contribution in [3.8, 4) is 5.75 Å². The zero-order valence-electron chi connectivity index (χ0n) is 22.2. The molecular formula is C27H41N5O5. The van der Waals surface area contributed by atoms with Crippen molar-refractivity contribution in [3.05, 3.63) is 36.4 Å². The SMILES string of the molecule is C=C(CCC(CC)C(=O)NC(CO)CO)c1ccc(OCC2CCN(c3nc(C(C)C)no3)CC2)cn1. The lowest BCUT2D eigenvalue weighted by molar-refractivity contribution is -0.126. The number of carbonyl (C=O) groups excluding carboxylic acids is 1. The number of allylic oxidation sites excluding steroid dienone is 1. The summed E-state index contributed by atoms with van der Waals surface area (Å²) < 4.78 is 11.4. The van der Waals surface area contributed by atoms with Gasteiger partial charge in [0.1, 0.15) is 5.75 Å². The molecule has 0 spiro atoms. The van der Waals surface area contributed by atoms with Gasteiger partial charge in [0.15, 0.2) is 5.82 Å². The van der Waals surface area contributed by atoms with Crippen LogP contribution in [-0.2, 0) is 4.79 Å². The Morgan fingerprint density at radius 1 is 1.27 bits per heavy atom. The van der Waals surface area contributed by atoms with E-state index in [4.69, 9.17) is 9.26 Å². The minimum Gasteiger partial charge on any atom is -0.492 e. The molecule has 2 aromatic rings. The summed E-state index contributed by atoms with van der Waals surface area (Å²) >= 11 is 0. The highest BCUT2D eigenvalue weighted by Crippen LogP contribution is 2.25. The number of aliphatic hydroxyl groups is 2. The van der Waals surface area contributed by atoms with E-state index in [-0.39, 0.29) is 31.0 Å². The predicted octanol–water partition coefficient (Wildman–Crippen LogP) is 3.17. The van der Waals surface area contributed by atoms with E-state index in [1.165, 1.54) is 0 Å². The summed E-state index contributed by atoms with van der Waals surface area (Å²) in [6.07, 6.45) is 5.61. The first-order valence-electron chi connectivity index (χ1n) is 13.2. The van der Waals surface area contributed by atoms with Crippen LogP contribution in [0.5, 0.6) is 5.75 Å². The summed E-state index contributed by atoms with van der Waals surface area (Å²) in [7, 11) is 0. The van der Waals surface area contributed by atoms with Crippen molar-refractivity contribution in [1.82, 2.24) is 20.4 Å². The van der Waals surface area contributed by atoms with Crippen LogP contribution < -0.4 is 15.0 Å². The van der Waals surface area contributed by atoms with Gasteiger partial charge in [-0.15, -0.1) is 0 Å². The average molecular weight is 516 g/mol. The molecule has 0 saturated carbocycles. The standard InChI is InChI=1S/C27H41N5O5/c1-5-21(26(35)29-22(15-33)16-34)7-6-19(4)24-9-8-23(14-28-24)36-17-20-10-12-32(13-11-20)27-30-25(18(2)3)31-37-27/h8-9,14,18,20-22,33-34H,4-7,10-13,15-17H2,1-3H3,(H,29,35). The van der Waals surface area contributed by atoms with Gasteiger partial charge in [-0.1, -0.05) is 32.5 Å². The number of rotatable bonds is 14. The highest BCUT2D eigenvalue weighted by molar-refractivity contribution is 5.79.